The van der Waals surface area contributed by atoms with Crippen LogP contribution >= 0.6 is 0 Å². The van der Waals surface area contributed by atoms with Crippen LogP contribution in [-0.2, 0) is 0 Å². The first kappa shape index (κ1) is 11.4. The highest BCUT2D eigenvalue weighted by atomic mass is 15.3. The highest BCUT2D eigenvalue weighted by Crippen LogP contribution is 2.28. The summed E-state index contributed by atoms with van der Waals surface area (Å²) in [6.07, 6.45) is 4.17. The first-order valence-corrected chi connectivity index (χ1v) is 6.35. The summed E-state index contributed by atoms with van der Waals surface area (Å²) in [5.41, 5.74) is 5.69. The summed E-state index contributed by atoms with van der Waals surface area (Å²) in [7, 11) is 2.30. The minimum atomic E-state index is 0.645. The van der Waals surface area contributed by atoms with Gasteiger partial charge in [-0.25, -0.2) is 0 Å². The van der Waals surface area contributed by atoms with Crippen molar-refractivity contribution in [3.63, 3.8) is 0 Å². The van der Waals surface area contributed by atoms with Crippen molar-refractivity contribution in [2.24, 2.45) is 11.7 Å². The van der Waals surface area contributed by atoms with E-state index in [1.807, 2.05) is 0 Å². The highest BCUT2D eigenvalue weighted by molar-refractivity contribution is 4.91. The third kappa shape index (κ3) is 2.52. The summed E-state index contributed by atoms with van der Waals surface area (Å²) in [5, 5.41) is 0. The Bertz CT molecular complexity index is 207. The Morgan fingerprint density at radius 1 is 1.27 bits per heavy atom. The molecule has 0 saturated carbocycles. The predicted octanol–water partition coefficient (Wildman–Crippen LogP) is 0.750. The fourth-order valence-corrected chi connectivity index (χ4v) is 3.06. The number of hydrogen-bond donors (Lipinski definition) is 1. The van der Waals surface area contributed by atoms with E-state index in [9.17, 15) is 0 Å². The van der Waals surface area contributed by atoms with Crippen LogP contribution in [0.4, 0.5) is 0 Å². The van der Waals surface area contributed by atoms with Gasteiger partial charge in [0.05, 0.1) is 0 Å². The normalized spacial score (nSPS) is 35.4. The molecule has 0 aromatic rings. The molecular weight excluding hydrogens is 186 g/mol. The third-order valence-corrected chi connectivity index (χ3v) is 4.20. The van der Waals surface area contributed by atoms with Gasteiger partial charge in [-0.1, -0.05) is 6.92 Å². The third-order valence-electron chi connectivity index (χ3n) is 4.20. The lowest BCUT2D eigenvalue weighted by Crippen LogP contribution is -2.39. The van der Waals surface area contributed by atoms with Crippen molar-refractivity contribution in [2.75, 3.05) is 33.2 Å². The average Bonchev–Trinajstić information content (AvgIpc) is 2.46. The summed E-state index contributed by atoms with van der Waals surface area (Å²) in [6, 6.07) is 1.66. The predicted molar refractivity (Wildman–Crippen MR) is 63.8 cm³/mol. The maximum absolute atomic E-state index is 5.69. The van der Waals surface area contributed by atoms with E-state index in [0.29, 0.717) is 5.92 Å². The van der Waals surface area contributed by atoms with Gasteiger partial charge in [0.1, 0.15) is 0 Å². The van der Waals surface area contributed by atoms with Crippen molar-refractivity contribution in [1.82, 2.24) is 9.80 Å². The molecule has 0 aliphatic carbocycles. The Kier molecular flexibility index (Phi) is 3.65. The average molecular weight is 211 g/mol. The van der Waals surface area contributed by atoms with E-state index >= 15 is 0 Å². The Morgan fingerprint density at radius 2 is 2.00 bits per heavy atom. The van der Waals surface area contributed by atoms with Crippen molar-refractivity contribution < 1.29 is 0 Å². The van der Waals surface area contributed by atoms with E-state index in [2.05, 4.69) is 23.8 Å². The lowest BCUT2D eigenvalue weighted by atomic mass is 10.1. The quantitative estimate of drug-likeness (QED) is 0.748. The summed E-state index contributed by atoms with van der Waals surface area (Å²) in [4.78, 5) is 5.23. The second kappa shape index (κ2) is 4.81. The van der Waals surface area contributed by atoms with Crippen LogP contribution < -0.4 is 5.73 Å². The molecular formula is C12H25N3. The standard InChI is InChI=1S/C12H25N3/c1-10(7-13)8-15-6-5-11-3-4-12(9-15)14(11)2/h10-12H,3-9,13H2,1-2H3. The van der Waals surface area contributed by atoms with Gasteiger partial charge in [0, 0.05) is 25.2 Å². The molecule has 2 aliphatic heterocycles. The molecule has 0 amide bonds. The molecule has 3 atom stereocenters. The van der Waals surface area contributed by atoms with Crippen LogP contribution in [0.5, 0.6) is 0 Å². The molecule has 3 heteroatoms. The van der Waals surface area contributed by atoms with Gasteiger partial charge in [-0.05, 0) is 45.3 Å². The fourth-order valence-electron chi connectivity index (χ4n) is 3.06. The van der Waals surface area contributed by atoms with Crippen LogP contribution in [0.15, 0.2) is 0 Å². The smallest absolute Gasteiger partial charge is 0.0223 e. The number of likely N-dealkylation sites (N-methyl/N-ethyl adjacent to an activating group) is 1. The van der Waals surface area contributed by atoms with Gasteiger partial charge < -0.3 is 10.6 Å². The van der Waals surface area contributed by atoms with Crippen molar-refractivity contribution in [3.05, 3.63) is 0 Å². The van der Waals surface area contributed by atoms with E-state index in [-0.39, 0.29) is 0 Å². The van der Waals surface area contributed by atoms with Crippen molar-refractivity contribution >= 4 is 0 Å². The van der Waals surface area contributed by atoms with E-state index in [0.717, 1.165) is 18.6 Å². The zero-order valence-electron chi connectivity index (χ0n) is 10.2. The second-order valence-electron chi connectivity index (χ2n) is 5.44. The van der Waals surface area contributed by atoms with Gasteiger partial charge in [0.15, 0.2) is 0 Å². The zero-order valence-corrected chi connectivity index (χ0v) is 10.2. The molecule has 0 aromatic carbocycles. The summed E-state index contributed by atoms with van der Waals surface area (Å²) in [5.74, 6) is 0.645. The van der Waals surface area contributed by atoms with Crippen LogP contribution in [-0.4, -0.2) is 55.1 Å². The molecule has 2 bridgehead atoms. The largest absolute Gasteiger partial charge is 0.330 e. The Labute approximate surface area is 93.6 Å². The molecule has 3 unspecified atom stereocenters. The number of nitrogens with zero attached hydrogens (tertiary/aromatic N) is 2. The summed E-state index contributed by atoms with van der Waals surface area (Å²) >= 11 is 0. The molecule has 2 saturated heterocycles. The maximum atomic E-state index is 5.69. The molecule has 2 heterocycles. The maximum Gasteiger partial charge on any atom is 0.0223 e. The number of hydrogen-bond acceptors (Lipinski definition) is 3. The van der Waals surface area contributed by atoms with Crippen molar-refractivity contribution in [3.8, 4) is 0 Å². The Hall–Kier alpha value is -0.120. The molecule has 15 heavy (non-hydrogen) atoms. The van der Waals surface area contributed by atoms with E-state index < -0.39 is 0 Å². The van der Waals surface area contributed by atoms with Crippen LogP contribution in [0.3, 0.4) is 0 Å². The van der Waals surface area contributed by atoms with Gasteiger partial charge in [-0.15, -0.1) is 0 Å². The van der Waals surface area contributed by atoms with E-state index in [1.165, 1.54) is 38.9 Å². The van der Waals surface area contributed by atoms with E-state index in [4.69, 9.17) is 5.73 Å². The molecule has 0 aromatic heterocycles. The van der Waals surface area contributed by atoms with Gasteiger partial charge >= 0.3 is 0 Å². The number of fused-ring (bicyclic) bond motifs is 2. The van der Waals surface area contributed by atoms with Crippen LogP contribution in [0.25, 0.3) is 0 Å². The minimum absolute atomic E-state index is 0.645. The van der Waals surface area contributed by atoms with E-state index in [1.54, 1.807) is 0 Å². The molecule has 88 valence electrons. The van der Waals surface area contributed by atoms with Crippen molar-refractivity contribution in [2.45, 2.75) is 38.3 Å². The molecule has 2 rings (SSSR count). The first-order valence-electron chi connectivity index (χ1n) is 6.35. The van der Waals surface area contributed by atoms with Gasteiger partial charge in [-0.3, -0.25) is 4.90 Å². The van der Waals surface area contributed by atoms with Gasteiger partial charge in [-0.2, -0.15) is 0 Å². The van der Waals surface area contributed by atoms with Gasteiger partial charge in [0.25, 0.3) is 0 Å². The topological polar surface area (TPSA) is 32.5 Å². The zero-order chi connectivity index (χ0) is 10.8. The van der Waals surface area contributed by atoms with Crippen LogP contribution in [0, 0.1) is 5.92 Å². The monoisotopic (exact) mass is 211 g/mol. The molecule has 2 N–H and O–H groups in total. The van der Waals surface area contributed by atoms with Crippen LogP contribution in [0.2, 0.25) is 0 Å². The second-order valence-corrected chi connectivity index (χ2v) is 5.44. The van der Waals surface area contributed by atoms with Crippen molar-refractivity contribution in [1.29, 1.82) is 0 Å². The van der Waals surface area contributed by atoms with Gasteiger partial charge in [0.2, 0.25) is 0 Å². The molecule has 2 fully saturated rings. The highest BCUT2D eigenvalue weighted by Gasteiger charge is 2.34. The first-order chi connectivity index (χ1) is 7.20. The number of likely N-dealkylation sites (tertiary alicyclic amines) is 1. The Balaban J connectivity index is 1.89. The fraction of sp³-hybridized carbons (Fsp3) is 1.00. The molecule has 0 radical (unpaired) electrons. The molecule has 2 aliphatic rings. The molecule has 0 spiro atoms. The number of rotatable bonds is 3. The Morgan fingerprint density at radius 3 is 2.73 bits per heavy atom. The minimum Gasteiger partial charge on any atom is -0.330 e. The lowest BCUT2D eigenvalue weighted by Gasteiger charge is -2.27. The SMILES string of the molecule is CC(CN)CN1CCC2CCC(C1)N2C. The molecule has 3 nitrogen and oxygen atoms in total. The number of nitrogens with two attached hydrogens (primary N) is 1. The van der Waals surface area contributed by atoms with Crippen LogP contribution in [0.1, 0.15) is 26.2 Å². The summed E-state index contributed by atoms with van der Waals surface area (Å²) < 4.78 is 0. The lowest BCUT2D eigenvalue weighted by molar-refractivity contribution is 0.203. The summed E-state index contributed by atoms with van der Waals surface area (Å²) in [6.45, 7) is 6.80.